The lowest BCUT2D eigenvalue weighted by Gasteiger charge is -2.10. The van der Waals surface area contributed by atoms with E-state index in [-0.39, 0.29) is 11.7 Å². The summed E-state index contributed by atoms with van der Waals surface area (Å²) >= 11 is 0. The molecule has 24 heavy (non-hydrogen) atoms. The van der Waals surface area contributed by atoms with E-state index in [1.807, 2.05) is 19.9 Å². The van der Waals surface area contributed by atoms with Gasteiger partial charge in [-0.05, 0) is 42.7 Å². The number of nitrogen functional groups attached to an aromatic ring is 1. The van der Waals surface area contributed by atoms with E-state index in [0.29, 0.717) is 29.3 Å². The van der Waals surface area contributed by atoms with Crippen molar-refractivity contribution in [3.8, 4) is 17.7 Å². The molecule has 0 unspecified atom stereocenters. The van der Waals surface area contributed by atoms with Crippen LogP contribution in [-0.2, 0) is 11.2 Å². The number of aromatic nitrogens is 1. The Morgan fingerprint density at radius 1 is 1.33 bits per heavy atom. The standard InChI is InChI=1S/C18H20N4O2/c1-3-5-16(23)21-15-8-9-17(22-18(15)20)24-14-7-6-13(11-19)12(4-2)10-14/h6-10H,3-5H2,1-2H3,(H2,20,22)(H,21,23). The second kappa shape index (κ2) is 7.97. The van der Waals surface area contributed by atoms with Crippen LogP contribution in [0.1, 0.15) is 37.8 Å². The van der Waals surface area contributed by atoms with Crippen molar-refractivity contribution in [3.05, 3.63) is 41.5 Å². The zero-order chi connectivity index (χ0) is 17.5. The number of hydrogen-bond donors (Lipinski definition) is 2. The number of aryl methyl sites for hydroxylation is 1. The van der Waals surface area contributed by atoms with Crippen molar-refractivity contribution in [2.45, 2.75) is 33.1 Å². The molecule has 0 atom stereocenters. The van der Waals surface area contributed by atoms with Crippen LogP contribution in [0.5, 0.6) is 11.6 Å². The minimum atomic E-state index is -0.0978. The fourth-order valence-electron chi connectivity index (χ4n) is 2.21. The second-order valence-corrected chi connectivity index (χ2v) is 5.27. The predicted molar refractivity (Wildman–Crippen MR) is 92.8 cm³/mol. The van der Waals surface area contributed by atoms with Gasteiger partial charge < -0.3 is 15.8 Å². The van der Waals surface area contributed by atoms with Gasteiger partial charge >= 0.3 is 0 Å². The van der Waals surface area contributed by atoms with Crippen molar-refractivity contribution < 1.29 is 9.53 Å². The smallest absolute Gasteiger partial charge is 0.224 e. The van der Waals surface area contributed by atoms with Gasteiger partial charge in [-0.1, -0.05) is 13.8 Å². The molecule has 0 radical (unpaired) electrons. The third kappa shape index (κ3) is 4.23. The van der Waals surface area contributed by atoms with Crippen LogP contribution >= 0.6 is 0 Å². The van der Waals surface area contributed by atoms with E-state index in [1.54, 1.807) is 24.3 Å². The lowest BCUT2D eigenvalue weighted by molar-refractivity contribution is -0.116. The molecule has 0 aliphatic rings. The molecule has 0 aliphatic carbocycles. The number of nitrogens with one attached hydrogen (secondary N) is 1. The van der Waals surface area contributed by atoms with Gasteiger partial charge in [0.25, 0.3) is 0 Å². The topological polar surface area (TPSA) is 101 Å². The van der Waals surface area contributed by atoms with Gasteiger partial charge in [0.1, 0.15) is 5.75 Å². The summed E-state index contributed by atoms with van der Waals surface area (Å²) in [5, 5.41) is 11.8. The highest BCUT2D eigenvalue weighted by Gasteiger charge is 2.09. The summed E-state index contributed by atoms with van der Waals surface area (Å²) in [4.78, 5) is 15.8. The Labute approximate surface area is 141 Å². The van der Waals surface area contributed by atoms with Gasteiger partial charge in [-0.25, -0.2) is 0 Å². The van der Waals surface area contributed by atoms with Crippen LogP contribution in [0.15, 0.2) is 30.3 Å². The van der Waals surface area contributed by atoms with E-state index in [1.165, 1.54) is 0 Å². The van der Waals surface area contributed by atoms with E-state index in [0.717, 1.165) is 18.4 Å². The third-order valence-corrected chi connectivity index (χ3v) is 3.45. The van der Waals surface area contributed by atoms with E-state index < -0.39 is 0 Å². The Balaban J connectivity index is 2.15. The Bertz CT molecular complexity index is 781. The molecule has 1 aromatic heterocycles. The third-order valence-electron chi connectivity index (χ3n) is 3.45. The number of nitrogens with two attached hydrogens (primary N) is 1. The average Bonchev–Trinajstić information content (AvgIpc) is 2.57. The number of amides is 1. The van der Waals surface area contributed by atoms with Crippen molar-refractivity contribution >= 4 is 17.4 Å². The van der Waals surface area contributed by atoms with Gasteiger partial charge in [0.2, 0.25) is 11.8 Å². The first-order valence-electron chi connectivity index (χ1n) is 7.84. The maximum atomic E-state index is 11.6. The first-order valence-corrected chi connectivity index (χ1v) is 7.84. The molecule has 0 fully saturated rings. The van der Waals surface area contributed by atoms with Gasteiger partial charge in [-0.2, -0.15) is 10.2 Å². The largest absolute Gasteiger partial charge is 0.439 e. The van der Waals surface area contributed by atoms with Crippen LogP contribution in [0.2, 0.25) is 0 Å². The highest BCUT2D eigenvalue weighted by Crippen LogP contribution is 2.26. The molecule has 1 heterocycles. The molecule has 2 aromatic rings. The molecule has 124 valence electrons. The molecule has 1 amide bonds. The number of pyridine rings is 1. The molecule has 6 nitrogen and oxygen atoms in total. The zero-order valence-corrected chi connectivity index (χ0v) is 13.8. The monoisotopic (exact) mass is 324 g/mol. The number of carbonyl (C=O) groups is 1. The summed E-state index contributed by atoms with van der Waals surface area (Å²) < 4.78 is 5.70. The van der Waals surface area contributed by atoms with Crippen molar-refractivity contribution in [2.75, 3.05) is 11.1 Å². The SMILES string of the molecule is CCCC(=O)Nc1ccc(Oc2ccc(C#N)c(CC)c2)nc1N. The van der Waals surface area contributed by atoms with Crippen LogP contribution in [0.3, 0.4) is 0 Å². The Kier molecular flexibility index (Phi) is 5.74. The summed E-state index contributed by atoms with van der Waals surface area (Å²) in [6.45, 7) is 3.91. The van der Waals surface area contributed by atoms with Gasteiger partial charge in [-0.3, -0.25) is 4.79 Å². The summed E-state index contributed by atoms with van der Waals surface area (Å²) in [7, 11) is 0. The van der Waals surface area contributed by atoms with Crippen LogP contribution in [0, 0.1) is 11.3 Å². The number of anilines is 2. The molecule has 0 spiro atoms. The summed E-state index contributed by atoms with van der Waals surface area (Å²) in [5.41, 5.74) is 7.88. The highest BCUT2D eigenvalue weighted by atomic mass is 16.5. The number of carbonyl (C=O) groups excluding carboxylic acids is 1. The summed E-state index contributed by atoms with van der Waals surface area (Å²) in [5.74, 6) is 1.01. The molecular formula is C18H20N4O2. The fraction of sp³-hybridized carbons (Fsp3) is 0.278. The molecular weight excluding hydrogens is 304 g/mol. The predicted octanol–water partition coefficient (Wildman–Crippen LogP) is 3.63. The number of nitriles is 1. The Morgan fingerprint density at radius 3 is 2.75 bits per heavy atom. The Morgan fingerprint density at radius 2 is 2.12 bits per heavy atom. The first-order chi connectivity index (χ1) is 11.6. The van der Waals surface area contributed by atoms with Crippen LogP contribution in [-0.4, -0.2) is 10.9 Å². The molecule has 0 bridgehead atoms. The van der Waals surface area contributed by atoms with E-state index in [9.17, 15) is 4.79 Å². The van der Waals surface area contributed by atoms with Crippen LogP contribution in [0.25, 0.3) is 0 Å². The van der Waals surface area contributed by atoms with Gasteiger partial charge in [0.15, 0.2) is 5.82 Å². The van der Waals surface area contributed by atoms with Crippen LogP contribution < -0.4 is 15.8 Å². The molecule has 3 N–H and O–H groups in total. The number of hydrogen-bond acceptors (Lipinski definition) is 5. The lowest BCUT2D eigenvalue weighted by Crippen LogP contribution is -2.12. The maximum Gasteiger partial charge on any atom is 0.224 e. The molecule has 0 aliphatic heterocycles. The fourth-order valence-corrected chi connectivity index (χ4v) is 2.21. The van der Waals surface area contributed by atoms with Gasteiger partial charge in [-0.15, -0.1) is 0 Å². The van der Waals surface area contributed by atoms with Crippen molar-refractivity contribution in [3.63, 3.8) is 0 Å². The van der Waals surface area contributed by atoms with E-state index in [4.69, 9.17) is 15.7 Å². The van der Waals surface area contributed by atoms with Gasteiger partial charge in [0, 0.05) is 12.5 Å². The lowest BCUT2D eigenvalue weighted by atomic mass is 10.1. The van der Waals surface area contributed by atoms with E-state index in [2.05, 4.69) is 16.4 Å². The highest BCUT2D eigenvalue weighted by molar-refractivity contribution is 5.93. The van der Waals surface area contributed by atoms with Crippen LogP contribution in [0.4, 0.5) is 11.5 Å². The number of rotatable bonds is 6. The van der Waals surface area contributed by atoms with Crippen molar-refractivity contribution in [2.24, 2.45) is 0 Å². The normalized spacial score (nSPS) is 10.0. The number of benzene rings is 1. The molecule has 2 rings (SSSR count). The number of nitrogens with zero attached hydrogens (tertiary/aromatic N) is 2. The molecule has 0 saturated heterocycles. The number of ether oxygens (including phenoxy) is 1. The second-order valence-electron chi connectivity index (χ2n) is 5.27. The average molecular weight is 324 g/mol. The van der Waals surface area contributed by atoms with Crippen molar-refractivity contribution in [1.82, 2.24) is 4.98 Å². The summed E-state index contributed by atoms with van der Waals surface area (Å²) in [6, 6.07) is 10.7. The van der Waals surface area contributed by atoms with Crippen molar-refractivity contribution in [1.29, 1.82) is 5.26 Å². The molecule has 6 heteroatoms. The molecule has 0 saturated carbocycles. The Hall–Kier alpha value is -3.07. The minimum Gasteiger partial charge on any atom is -0.439 e. The van der Waals surface area contributed by atoms with Gasteiger partial charge in [0.05, 0.1) is 17.3 Å². The van der Waals surface area contributed by atoms with E-state index >= 15 is 0 Å². The first kappa shape index (κ1) is 17.3. The maximum absolute atomic E-state index is 11.6. The zero-order valence-electron chi connectivity index (χ0n) is 13.8. The summed E-state index contributed by atoms with van der Waals surface area (Å²) in [6.07, 6.45) is 1.93. The minimum absolute atomic E-state index is 0.0978. The molecule has 1 aromatic carbocycles. The quantitative estimate of drug-likeness (QED) is 0.845.